The number of carbonyl (C=O) groups is 1. The molecule has 1 aliphatic heterocycles. The molecule has 1 aliphatic rings. The van der Waals surface area contributed by atoms with Gasteiger partial charge >= 0.3 is 0 Å². The number of carbonyl (C=O) groups excluding carboxylic acids is 1. The molecule has 3 unspecified atom stereocenters. The van der Waals surface area contributed by atoms with Gasteiger partial charge in [0.2, 0.25) is 5.91 Å². The van der Waals surface area contributed by atoms with Gasteiger partial charge in [-0.3, -0.25) is 9.69 Å². The van der Waals surface area contributed by atoms with Crippen LogP contribution in [0.1, 0.15) is 24.8 Å². The first-order chi connectivity index (χ1) is 9.58. The van der Waals surface area contributed by atoms with Crippen LogP contribution < -0.4 is 11.1 Å². The van der Waals surface area contributed by atoms with Crippen LogP contribution in [-0.4, -0.2) is 49.2 Å². The third kappa shape index (κ3) is 5.23. The first-order valence-electron chi connectivity index (χ1n) is 7.00. The minimum absolute atomic E-state index is 0. The van der Waals surface area contributed by atoms with Crippen LogP contribution in [-0.2, 0) is 9.53 Å². The number of rotatable bonds is 5. The number of hydrogen-bond acceptors (Lipinski definition) is 5. The Hall–Kier alpha value is -0.660. The average Bonchev–Trinajstić information content (AvgIpc) is 2.92. The van der Waals surface area contributed by atoms with Crippen LogP contribution >= 0.6 is 23.7 Å². The SMILES string of the molecule is CC1CN(C(CNC(=O)C(C)N)c2cccs2)CCO1.Cl. The molecule has 1 fully saturated rings. The molecule has 0 bridgehead atoms. The van der Waals surface area contributed by atoms with Crippen LogP contribution in [0.2, 0.25) is 0 Å². The molecule has 0 aromatic carbocycles. The molecule has 0 saturated carbocycles. The molecule has 1 aromatic rings. The lowest BCUT2D eigenvalue weighted by atomic mass is 10.1. The molecule has 120 valence electrons. The van der Waals surface area contributed by atoms with E-state index in [4.69, 9.17) is 10.5 Å². The molecule has 1 saturated heterocycles. The number of nitrogens with zero attached hydrogens (tertiary/aromatic N) is 1. The van der Waals surface area contributed by atoms with E-state index in [-0.39, 0.29) is 30.5 Å². The fourth-order valence-electron chi connectivity index (χ4n) is 2.38. The standard InChI is InChI=1S/C14H23N3O2S.ClH/c1-10-9-17(5-6-19-10)12(13-4-3-7-20-13)8-16-14(18)11(2)15;/h3-4,7,10-12H,5-6,8-9,15H2,1-2H3,(H,16,18);1H. The van der Waals surface area contributed by atoms with E-state index < -0.39 is 6.04 Å². The maximum Gasteiger partial charge on any atom is 0.236 e. The average molecular weight is 334 g/mol. The molecule has 1 aromatic heterocycles. The molecular formula is C14H24ClN3O2S. The minimum Gasteiger partial charge on any atom is -0.376 e. The predicted molar refractivity (Wildman–Crippen MR) is 88.0 cm³/mol. The molecule has 21 heavy (non-hydrogen) atoms. The molecule has 3 atom stereocenters. The Labute approximate surface area is 136 Å². The van der Waals surface area contributed by atoms with E-state index in [2.05, 4.69) is 28.6 Å². The molecule has 0 radical (unpaired) electrons. The minimum atomic E-state index is -0.470. The van der Waals surface area contributed by atoms with Crippen molar-refractivity contribution in [3.05, 3.63) is 22.4 Å². The van der Waals surface area contributed by atoms with Crippen molar-refractivity contribution in [3.8, 4) is 0 Å². The summed E-state index contributed by atoms with van der Waals surface area (Å²) >= 11 is 1.72. The largest absolute Gasteiger partial charge is 0.376 e. The van der Waals surface area contributed by atoms with Crippen LogP contribution in [0.25, 0.3) is 0 Å². The Kier molecular flexibility index (Phi) is 7.62. The van der Waals surface area contributed by atoms with Crippen LogP contribution in [0.5, 0.6) is 0 Å². The van der Waals surface area contributed by atoms with E-state index in [1.165, 1.54) is 4.88 Å². The second-order valence-electron chi connectivity index (χ2n) is 5.24. The third-order valence-corrected chi connectivity index (χ3v) is 4.44. The first-order valence-corrected chi connectivity index (χ1v) is 7.88. The highest BCUT2D eigenvalue weighted by atomic mass is 35.5. The van der Waals surface area contributed by atoms with Crippen molar-refractivity contribution in [2.24, 2.45) is 5.73 Å². The molecular weight excluding hydrogens is 310 g/mol. The van der Waals surface area contributed by atoms with Crippen LogP contribution in [0.4, 0.5) is 0 Å². The predicted octanol–water partition coefficient (Wildman–Crippen LogP) is 1.40. The van der Waals surface area contributed by atoms with Gasteiger partial charge in [-0.15, -0.1) is 23.7 Å². The molecule has 7 heteroatoms. The number of nitrogens with one attached hydrogen (secondary N) is 1. The number of hydrogen-bond donors (Lipinski definition) is 2. The summed E-state index contributed by atoms with van der Waals surface area (Å²) in [5.74, 6) is -0.104. The monoisotopic (exact) mass is 333 g/mol. The quantitative estimate of drug-likeness (QED) is 0.854. The van der Waals surface area contributed by atoms with Crippen molar-refractivity contribution in [2.45, 2.75) is 32.0 Å². The number of ether oxygens (including phenoxy) is 1. The first kappa shape index (κ1) is 18.4. The van der Waals surface area contributed by atoms with Crippen molar-refractivity contribution in [2.75, 3.05) is 26.2 Å². The molecule has 3 N–H and O–H groups in total. The topological polar surface area (TPSA) is 67.6 Å². The zero-order valence-corrected chi connectivity index (χ0v) is 14.1. The van der Waals surface area contributed by atoms with Crippen molar-refractivity contribution in [1.29, 1.82) is 0 Å². The van der Waals surface area contributed by atoms with E-state index >= 15 is 0 Å². The van der Waals surface area contributed by atoms with Crippen molar-refractivity contribution in [1.82, 2.24) is 10.2 Å². The molecule has 2 heterocycles. The number of nitrogens with two attached hydrogens (primary N) is 1. The lowest BCUT2D eigenvalue weighted by molar-refractivity contribution is -0.122. The Balaban J connectivity index is 0.00000220. The maximum absolute atomic E-state index is 11.7. The molecule has 0 aliphatic carbocycles. The molecule has 1 amide bonds. The zero-order valence-electron chi connectivity index (χ0n) is 12.5. The summed E-state index contributed by atoms with van der Waals surface area (Å²) in [6.45, 7) is 6.89. The Morgan fingerprint density at radius 1 is 1.67 bits per heavy atom. The van der Waals surface area contributed by atoms with Gasteiger partial charge in [-0.05, 0) is 25.3 Å². The summed E-state index contributed by atoms with van der Waals surface area (Å²) in [6.07, 6.45) is 0.232. The summed E-state index contributed by atoms with van der Waals surface area (Å²) in [5, 5.41) is 5.01. The molecule has 0 spiro atoms. The van der Waals surface area contributed by atoms with E-state index in [0.717, 1.165) is 19.7 Å². The van der Waals surface area contributed by atoms with Gasteiger partial charge in [0, 0.05) is 24.5 Å². The second-order valence-corrected chi connectivity index (χ2v) is 6.22. The van der Waals surface area contributed by atoms with E-state index in [1.54, 1.807) is 18.3 Å². The normalized spacial score (nSPS) is 22.1. The number of halogens is 1. The third-order valence-electron chi connectivity index (χ3n) is 3.47. The zero-order chi connectivity index (χ0) is 14.5. The van der Waals surface area contributed by atoms with E-state index in [9.17, 15) is 4.79 Å². The summed E-state index contributed by atoms with van der Waals surface area (Å²) in [5.41, 5.74) is 5.60. The van der Waals surface area contributed by atoms with Gasteiger partial charge in [0.1, 0.15) is 0 Å². The summed E-state index contributed by atoms with van der Waals surface area (Å²) in [6, 6.07) is 3.89. The van der Waals surface area contributed by atoms with Crippen molar-refractivity contribution < 1.29 is 9.53 Å². The lowest BCUT2D eigenvalue weighted by Gasteiger charge is -2.37. The van der Waals surface area contributed by atoms with E-state index in [0.29, 0.717) is 6.54 Å². The highest BCUT2D eigenvalue weighted by molar-refractivity contribution is 7.10. The van der Waals surface area contributed by atoms with Crippen molar-refractivity contribution in [3.63, 3.8) is 0 Å². The van der Waals surface area contributed by atoms with Gasteiger partial charge in [-0.2, -0.15) is 0 Å². The van der Waals surface area contributed by atoms with Gasteiger partial charge in [0.25, 0.3) is 0 Å². The van der Waals surface area contributed by atoms with Gasteiger partial charge in [-0.1, -0.05) is 6.07 Å². The van der Waals surface area contributed by atoms with Crippen LogP contribution in [0.15, 0.2) is 17.5 Å². The van der Waals surface area contributed by atoms with Gasteiger partial charge in [0.05, 0.1) is 24.8 Å². The fourth-order valence-corrected chi connectivity index (χ4v) is 3.24. The fraction of sp³-hybridized carbons (Fsp3) is 0.643. The highest BCUT2D eigenvalue weighted by Gasteiger charge is 2.26. The summed E-state index contributed by atoms with van der Waals surface area (Å²) in [7, 11) is 0. The summed E-state index contributed by atoms with van der Waals surface area (Å²) in [4.78, 5) is 15.3. The van der Waals surface area contributed by atoms with Crippen molar-refractivity contribution >= 4 is 29.7 Å². The van der Waals surface area contributed by atoms with E-state index in [1.807, 2.05) is 6.07 Å². The number of thiophene rings is 1. The van der Waals surface area contributed by atoms with Gasteiger partial charge in [-0.25, -0.2) is 0 Å². The lowest BCUT2D eigenvalue weighted by Crippen LogP contribution is -2.48. The maximum atomic E-state index is 11.7. The molecule has 5 nitrogen and oxygen atoms in total. The summed E-state index contributed by atoms with van der Waals surface area (Å²) < 4.78 is 5.59. The smallest absolute Gasteiger partial charge is 0.236 e. The number of amides is 1. The van der Waals surface area contributed by atoms with Crippen LogP contribution in [0, 0.1) is 0 Å². The van der Waals surface area contributed by atoms with Gasteiger partial charge in [0.15, 0.2) is 0 Å². The number of morpholine rings is 1. The molecule has 2 rings (SSSR count). The second kappa shape index (κ2) is 8.70. The van der Waals surface area contributed by atoms with Gasteiger partial charge < -0.3 is 15.8 Å². The Morgan fingerprint density at radius 2 is 2.43 bits per heavy atom. The Bertz CT molecular complexity index is 428. The Morgan fingerprint density at radius 3 is 3.00 bits per heavy atom. The van der Waals surface area contributed by atoms with Crippen LogP contribution in [0.3, 0.4) is 0 Å². The highest BCUT2D eigenvalue weighted by Crippen LogP contribution is 2.26.